The molecule has 0 bridgehead atoms. The summed E-state index contributed by atoms with van der Waals surface area (Å²) in [6.07, 6.45) is -0.0263. The third-order valence-corrected chi connectivity index (χ3v) is 5.44. The maximum Gasteiger partial charge on any atom is 0.466 e. The Morgan fingerprint density at radius 2 is 1.56 bits per heavy atom. The van der Waals surface area contributed by atoms with Gasteiger partial charge in [-0.1, -0.05) is 12.1 Å². The van der Waals surface area contributed by atoms with Crippen molar-refractivity contribution >= 4 is 18.8 Å². The zero-order chi connectivity index (χ0) is 18.8. The van der Waals surface area contributed by atoms with E-state index in [0.717, 1.165) is 24.3 Å². The highest BCUT2D eigenvalue weighted by Crippen LogP contribution is 2.41. The van der Waals surface area contributed by atoms with Gasteiger partial charge in [-0.2, -0.15) is 0 Å². The first-order valence-corrected chi connectivity index (χ1v) is 9.03. The Kier molecular flexibility index (Phi) is 5.84. The molecule has 1 aromatic carbocycles. The maximum atomic E-state index is 11.4. The zero-order valence-electron chi connectivity index (χ0n) is 16.2. The van der Waals surface area contributed by atoms with Crippen molar-refractivity contribution in [1.82, 2.24) is 0 Å². The van der Waals surface area contributed by atoms with E-state index in [4.69, 9.17) is 9.31 Å². The van der Waals surface area contributed by atoms with Gasteiger partial charge in [-0.25, -0.2) is 0 Å². The first kappa shape index (κ1) is 19.8. The number of hydrogen-bond acceptors (Lipinski definition) is 4. The van der Waals surface area contributed by atoms with E-state index in [0.29, 0.717) is 0 Å². The predicted molar refractivity (Wildman–Crippen MR) is 101 cm³/mol. The molecule has 138 valence electrons. The molecule has 5 nitrogen and oxygen atoms in total. The Morgan fingerprint density at radius 1 is 1.08 bits per heavy atom. The highest BCUT2D eigenvalue weighted by atomic mass is 16.7. The summed E-state index contributed by atoms with van der Waals surface area (Å²) in [4.78, 5) is 13.7. The van der Waals surface area contributed by atoms with Crippen LogP contribution in [0, 0.1) is 0 Å². The fourth-order valence-corrected chi connectivity index (χ4v) is 3.13. The van der Waals surface area contributed by atoms with Gasteiger partial charge in [0.2, 0.25) is 0 Å². The van der Waals surface area contributed by atoms with Gasteiger partial charge in [0.25, 0.3) is 0 Å². The maximum absolute atomic E-state index is 11.4. The lowest BCUT2D eigenvalue weighted by Crippen LogP contribution is -2.41. The number of nitrogens with zero attached hydrogens (tertiary/aromatic N) is 1. The second-order valence-electron chi connectivity index (χ2n) is 7.59. The monoisotopic (exact) mass is 347 g/mol. The van der Waals surface area contributed by atoms with Crippen LogP contribution in [0.1, 0.15) is 59.3 Å². The van der Waals surface area contributed by atoms with Gasteiger partial charge in [0.15, 0.2) is 0 Å². The fraction of sp³-hybridized carbons (Fsp3) is 0.632. The molecular weight excluding hydrogens is 317 g/mol. The van der Waals surface area contributed by atoms with Gasteiger partial charge < -0.3 is 19.3 Å². The highest BCUT2D eigenvalue weighted by Gasteiger charge is 2.54. The summed E-state index contributed by atoms with van der Waals surface area (Å²) in [5.74, 6) is -1.20. The predicted octanol–water partition coefficient (Wildman–Crippen LogP) is 3.72. The van der Waals surface area contributed by atoms with Gasteiger partial charge in [-0.15, -0.1) is 0 Å². The first-order chi connectivity index (χ1) is 11.6. The largest absolute Gasteiger partial charge is 0.481 e. The van der Waals surface area contributed by atoms with Crippen LogP contribution in [-0.4, -0.2) is 42.5 Å². The van der Waals surface area contributed by atoms with Gasteiger partial charge in [0.1, 0.15) is 0 Å². The second kappa shape index (κ2) is 7.38. The Bertz CT molecular complexity index is 580. The minimum atomic E-state index is -0.854. The molecule has 1 aliphatic rings. The molecule has 0 aliphatic carbocycles. The van der Waals surface area contributed by atoms with Crippen LogP contribution < -0.4 is 4.90 Å². The lowest BCUT2D eigenvalue weighted by molar-refractivity contribution is -0.137. The van der Waals surface area contributed by atoms with E-state index < -0.39 is 24.3 Å². The number of rotatable bonds is 7. The van der Waals surface area contributed by atoms with Crippen molar-refractivity contribution in [2.24, 2.45) is 0 Å². The molecule has 0 amide bonds. The Labute approximate surface area is 151 Å². The first-order valence-electron chi connectivity index (χ1n) is 9.03. The molecule has 1 aliphatic heterocycles. The Hall–Kier alpha value is -1.53. The quantitative estimate of drug-likeness (QED) is 0.762. The summed E-state index contributed by atoms with van der Waals surface area (Å²) in [7, 11) is -0.569. The van der Waals surface area contributed by atoms with E-state index in [-0.39, 0.29) is 12.2 Å². The van der Waals surface area contributed by atoms with Crippen molar-refractivity contribution < 1.29 is 19.2 Å². The summed E-state index contributed by atoms with van der Waals surface area (Å²) >= 11 is 0. The SMILES string of the molecule is CCN(CC)c1ccc(C(CC(=O)O)B2OC(C)(C)C(C)(C)O2)cc1. The van der Waals surface area contributed by atoms with Gasteiger partial charge in [-0.05, 0) is 59.2 Å². The van der Waals surface area contributed by atoms with Gasteiger partial charge >= 0.3 is 13.1 Å². The van der Waals surface area contributed by atoms with E-state index in [2.05, 4.69) is 18.7 Å². The zero-order valence-corrected chi connectivity index (χ0v) is 16.2. The summed E-state index contributed by atoms with van der Waals surface area (Å²) < 4.78 is 12.2. The molecule has 0 saturated carbocycles. The molecule has 0 spiro atoms. The van der Waals surface area contributed by atoms with Crippen molar-refractivity contribution in [2.75, 3.05) is 18.0 Å². The van der Waals surface area contributed by atoms with Crippen LogP contribution >= 0.6 is 0 Å². The van der Waals surface area contributed by atoms with Crippen molar-refractivity contribution in [3.8, 4) is 0 Å². The molecule has 1 saturated heterocycles. The van der Waals surface area contributed by atoms with Crippen molar-refractivity contribution in [3.05, 3.63) is 29.8 Å². The van der Waals surface area contributed by atoms with E-state index in [1.165, 1.54) is 0 Å². The van der Waals surface area contributed by atoms with E-state index in [1.54, 1.807) is 0 Å². The minimum Gasteiger partial charge on any atom is -0.481 e. The number of aliphatic carboxylic acids is 1. The summed E-state index contributed by atoms with van der Waals surface area (Å²) in [6, 6.07) is 8.07. The second-order valence-corrected chi connectivity index (χ2v) is 7.59. The van der Waals surface area contributed by atoms with Crippen LogP contribution in [-0.2, 0) is 14.1 Å². The molecule has 1 atom stereocenters. The molecule has 2 rings (SSSR count). The molecule has 0 aromatic heterocycles. The van der Waals surface area contributed by atoms with Crippen molar-refractivity contribution in [2.45, 2.75) is 65.0 Å². The average Bonchev–Trinajstić information content (AvgIpc) is 2.75. The van der Waals surface area contributed by atoms with Crippen LogP contribution in [0.15, 0.2) is 24.3 Å². The van der Waals surface area contributed by atoms with Crippen LogP contribution in [0.25, 0.3) is 0 Å². The van der Waals surface area contributed by atoms with E-state index in [9.17, 15) is 9.90 Å². The van der Waals surface area contributed by atoms with Crippen LogP contribution in [0.2, 0.25) is 0 Å². The number of benzene rings is 1. The number of hydrogen-bond donors (Lipinski definition) is 1. The average molecular weight is 347 g/mol. The van der Waals surface area contributed by atoms with Gasteiger partial charge in [-0.3, -0.25) is 4.79 Å². The summed E-state index contributed by atoms with van der Waals surface area (Å²) in [6.45, 7) is 14.0. The highest BCUT2D eigenvalue weighted by molar-refractivity contribution is 6.48. The topological polar surface area (TPSA) is 59.0 Å². The minimum absolute atomic E-state index is 0.0263. The van der Waals surface area contributed by atoms with Crippen molar-refractivity contribution in [1.29, 1.82) is 0 Å². The number of carboxylic acids is 1. The van der Waals surface area contributed by atoms with Crippen LogP contribution in [0.3, 0.4) is 0 Å². The molecule has 25 heavy (non-hydrogen) atoms. The third kappa shape index (κ3) is 4.18. The molecule has 6 heteroatoms. The number of carboxylic acid groups (broad SMARTS) is 1. The molecule has 1 N–H and O–H groups in total. The molecule has 1 fully saturated rings. The van der Waals surface area contributed by atoms with E-state index >= 15 is 0 Å². The third-order valence-electron chi connectivity index (χ3n) is 5.44. The summed E-state index contributed by atoms with van der Waals surface area (Å²) in [5, 5.41) is 9.37. The Morgan fingerprint density at radius 3 is 1.96 bits per heavy atom. The number of anilines is 1. The molecule has 1 aromatic rings. The van der Waals surface area contributed by atoms with Gasteiger partial charge in [0.05, 0.1) is 17.6 Å². The molecule has 0 radical (unpaired) electrons. The fourth-order valence-electron chi connectivity index (χ4n) is 3.13. The Balaban J connectivity index is 2.28. The summed E-state index contributed by atoms with van der Waals surface area (Å²) in [5.41, 5.74) is 1.11. The number of carbonyl (C=O) groups is 1. The van der Waals surface area contributed by atoms with Gasteiger partial charge in [0, 0.05) is 24.6 Å². The smallest absolute Gasteiger partial charge is 0.466 e. The van der Waals surface area contributed by atoms with Crippen LogP contribution in [0.5, 0.6) is 0 Å². The molecule has 1 unspecified atom stereocenters. The molecular formula is C19H30BNO4. The standard InChI is InChI=1S/C19H30BNO4/c1-7-21(8-2)15-11-9-14(10-12-15)16(13-17(22)23)20-24-18(3,4)19(5,6)25-20/h9-12,16H,7-8,13H2,1-6H3,(H,22,23). The van der Waals surface area contributed by atoms with Crippen molar-refractivity contribution in [3.63, 3.8) is 0 Å². The normalized spacial score (nSPS) is 19.7. The lowest BCUT2D eigenvalue weighted by Gasteiger charge is -2.32. The van der Waals surface area contributed by atoms with Crippen LogP contribution in [0.4, 0.5) is 5.69 Å². The molecule has 1 heterocycles. The lowest BCUT2D eigenvalue weighted by atomic mass is 9.66. The van der Waals surface area contributed by atoms with E-state index in [1.807, 2.05) is 52.0 Å².